The van der Waals surface area contributed by atoms with Crippen molar-refractivity contribution in [3.63, 3.8) is 0 Å². The molecule has 2 N–H and O–H groups in total. The lowest BCUT2D eigenvalue weighted by atomic mass is 9.81. The molecule has 10 aromatic rings. The number of anilines is 4. The molecule has 8 aromatic carbocycles. The van der Waals surface area contributed by atoms with Gasteiger partial charge in [0.2, 0.25) is 0 Å². The Morgan fingerprint density at radius 3 is 1.06 bits per heavy atom. The smallest absolute Gasteiger partial charge is 0.263 e. The minimum atomic E-state index is -0.202. The zero-order chi connectivity index (χ0) is 60.7. The van der Waals surface area contributed by atoms with Crippen molar-refractivity contribution < 1.29 is 19.2 Å². The summed E-state index contributed by atoms with van der Waals surface area (Å²) in [6.07, 6.45) is 30.0. The van der Waals surface area contributed by atoms with Gasteiger partial charge in [0.15, 0.2) is 0 Å². The van der Waals surface area contributed by atoms with Gasteiger partial charge >= 0.3 is 0 Å². The fraction of sp³-hybridized carbons (Fsp3) is 0.410. The van der Waals surface area contributed by atoms with Crippen molar-refractivity contribution in [3.05, 3.63) is 141 Å². The number of imide groups is 2. The summed E-state index contributed by atoms with van der Waals surface area (Å²) in [6.45, 7) is 9.81. The molecular weight excluding hydrogens is 1120 g/mol. The second kappa shape index (κ2) is 28.1. The first-order valence-electron chi connectivity index (χ1n) is 33.9. The van der Waals surface area contributed by atoms with Crippen molar-refractivity contribution in [2.24, 2.45) is 0 Å². The van der Waals surface area contributed by atoms with E-state index in [0.29, 0.717) is 35.3 Å². The summed E-state index contributed by atoms with van der Waals surface area (Å²) >= 11 is 2.99. The molecule has 456 valence electrons. The van der Waals surface area contributed by atoms with E-state index in [2.05, 4.69) is 135 Å². The van der Waals surface area contributed by atoms with Gasteiger partial charge in [0.05, 0.1) is 33.6 Å². The van der Waals surface area contributed by atoms with Gasteiger partial charge in [0, 0.05) is 99.2 Å². The minimum Gasteiger partial charge on any atom is -0.355 e. The van der Waals surface area contributed by atoms with Crippen LogP contribution in [0.4, 0.5) is 22.7 Å². The Morgan fingerprint density at radius 1 is 0.341 bits per heavy atom. The van der Waals surface area contributed by atoms with Gasteiger partial charge in [-0.05, 0) is 96.8 Å². The van der Waals surface area contributed by atoms with Crippen molar-refractivity contribution in [1.29, 1.82) is 0 Å². The van der Waals surface area contributed by atoms with Crippen LogP contribution >= 0.6 is 22.7 Å². The van der Waals surface area contributed by atoms with Crippen molar-refractivity contribution >= 4 is 123 Å². The van der Waals surface area contributed by atoms with Crippen molar-refractivity contribution in [2.75, 3.05) is 23.7 Å². The average molecular weight is 1210 g/mol. The second-order valence-electron chi connectivity index (χ2n) is 25.3. The molecule has 0 aliphatic carbocycles. The number of unbranched alkanes of at least 4 members (excludes halogenated alkanes) is 20. The Balaban J connectivity index is 1.04. The Morgan fingerprint density at radius 2 is 0.682 bits per heavy atom. The summed E-state index contributed by atoms with van der Waals surface area (Å²) in [5.41, 5.74) is 10.4. The zero-order valence-electron chi connectivity index (χ0n) is 52.5. The van der Waals surface area contributed by atoms with Crippen LogP contribution in [0.3, 0.4) is 0 Å². The third-order valence-electron chi connectivity index (χ3n) is 19.1. The molecule has 0 saturated carbocycles. The van der Waals surface area contributed by atoms with E-state index in [4.69, 9.17) is 0 Å². The molecule has 0 spiro atoms. The lowest BCUT2D eigenvalue weighted by Crippen LogP contribution is -2.31. The number of rotatable bonds is 34. The number of fused-ring (bicyclic) bond motifs is 2. The molecular formula is C78H88N4O4S2. The van der Waals surface area contributed by atoms with Crippen molar-refractivity contribution in [2.45, 2.75) is 195 Å². The standard InChI is InChI=1S/C78H88N4O4S2/c1-5-9-13-17-21-25-31-51-37-41-53(42-38-51)79-71-57-35-29-33-55-60(74-70-64(50-88-74)76(84)82(78(70)86)46-28-24-20-16-12-8-4)48-62-68(65(55)57)67-61(71)47-59(73-69-63(49-87-73)75(83)81(77(69)85)45-27-23-19-15-11-7-3)56-34-30-36-58(66(56)67)72(62)80-54-43-39-52(40-44-54)32-26-22-18-14-10-6-2/h29-30,33-44,47-50,79-80H,5-28,31-32,45-46H2,1-4H3. The van der Waals surface area contributed by atoms with Crippen molar-refractivity contribution in [3.8, 4) is 20.9 Å². The fourth-order valence-corrected chi connectivity index (χ4v) is 16.5. The maximum atomic E-state index is 14.9. The highest BCUT2D eigenvalue weighted by molar-refractivity contribution is 7.15. The SMILES string of the molecule is CCCCCCCCc1ccc(Nc2c3cccc4c(-c5scc6c5C(=O)N(CCCCCCCC)C6=O)cc5c(Nc6ccc(CCCCCCCC)cc6)c6cccc7c(-c8scc9c8C(=O)N(CCCCCCCC)C9=O)cc2c(c76)c5c43)cc1. The molecule has 0 radical (unpaired) electrons. The van der Waals surface area contributed by atoms with E-state index in [-0.39, 0.29) is 23.6 Å². The zero-order valence-corrected chi connectivity index (χ0v) is 54.2. The fourth-order valence-electron chi connectivity index (χ4n) is 14.3. The highest BCUT2D eigenvalue weighted by atomic mass is 32.1. The number of nitrogens with one attached hydrogen (secondary N) is 2. The quantitative estimate of drug-likeness (QED) is 0.0180. The summed E-state index contributed by atoms with van der Waals surface area (Å²) in [6, 6.07) is 35.7. The lowest BCUT2D eigenvalue weighted by Gasteiger charge is -2.26. The van der Waals surface area contributed by atoms with Crippen LogP contribution in [0.25, 0.3) is 74.7 Å². The van der Waals surface area contributed by atoms with Crippen LogP contribution < -0.4 is 10.6 Å². The highest BCUT2D eigenvalue weighted by Crippen LogP contribution is 2.56. The Labute approximate surface area is 529 Å². The monoisotopic (exact) mass is 1210 g/mol. The van der Waals surface area contributed by atoms with E-state index >= 15 is 0 Å². The number of nitrogens with zero attached hydrogens (tertiary/aromatic N) is 2. The molecule has 0 unspecified atom stereocenters. The first-order chi connectivity index (χ1) is 43.2. The van der Waals surface area contributed by atoms with Gasteiger partial charge in [-0.15, -0.1) is 22.7 Å². The van der Waals surface area contributed by atoms with Gasteiger partial charge in [-0.2, -0.15) is 0 Å². The number of aryl methyl sites for hydroxylation is 2. The number of thiophene rings is 2. The van der Waals surface area contributed by atoms with Gasteiger partial charge in [0.25, 0.3) is 23.6 Å². The molecule has 0 saturated heterocycles. The van der Waals surface area contributed by atoms with E-state index in [1.165, 1.54) is 159 Å². The topological polar surface area (TPSA) is 98.8 Å². The first kappa shape index (κ1) is 61.1. The summed E-state index contributed by atoms with van der Waals surface area (Å²) < 4.78 is 0. The van der Waals surface area contributed by atoms with Gasteiger partial charge in [-0.3, -0.25) is 29.0 Å². The van der Waals surface area contributed by atoms with Gasteiger partial charge < -0.3 is 10.6 Å². The molecule has 10 heteroatoms. The minimum absolute atomic E-state index is 0.194. The molecule has 2 aliphatic heterocycles. The number of benzene rings is 8. The number of hydrogen-bond acceptors (Lipinski definition) is 8. The highest BCUT2D eigenvalue weighted by Gasteiger charge is 2.41. The average Bonchev–Trinajstić information content (AvgIpc) is 0.759. The van der Waals surface area contributed by atoms with E-state index in [0.717, 1.165) is 149 Å². The number of amides is 4. The van der Waals surface area contributed by atoms with Crippen LogP contribution in [0, 0.1) is 0 Å². The summed E-state index contributed by atoms with van der Waals surface area (Å²) in [4.78, 5) is 62.9. The predicted molar refractivity (Wildman–Crippen MR) is 374 cm³/mol. The molecule has 0 bridgehead atoms. The normalized spacial score (nSPS) is 13.4. The molecule has 2 aromatic heterocycles. The molecule has 8 nitrogen and oxygen atoms in total. The second-order valence-corrected chi connectivity index (χ2v) is 27.1. The lowest BCUT2D eigenvalue weighted by molar-refractivity contribution is 0.0636. The van der Waals surface area contributed by atoms with Crippen LogP contribution in [0.5, 0.6) is 0 Å². The maximum absolute atomic E-state index is 14.9. The molecule has 0 fully saturated rings. The van der Waals surface area contributed by atoms with E-state index in [1.54, 1.807) is 0 Å². The maximum Gasteiger partial charge on any atom is 0.263 e. The van der Waals surface area contributed by atoms with Gasteiger partial charge in [0.1, 0.15) is 0 Å². The summed E-state index contributed by atoms with van der Waals surface area (Å²) in [7, 11) is 0. The molecule has 88 heavy (non-hydrogen) atoms. The van der Waals surface area contributed by atoms with Crippen LogP contribution in [0.15, 0.2) is 108 Å². The van der Waals surface area contributed by atoms with E-state index < -0.39 is 0 Å². The van der Waals surface area contributed by atoms with Crippen LogP contribution in [0.2, 0.25) is 0 Å². The summed E-state index contributed by atoms with van der Waals surface area (Å²) in [5.74, 6) is -0.791. The third kappa shape index (κ3) is 12.1. The largest absolute Gasteiger partial charge is 0.355 e. The Kier molecular flexibility index (Phi) is 19.5. The molecule has 4 amide bonds. The number of carbonyl (C=O) groups excluding carboxylic acids is 4. The summed E-state index contributed by atoms with van der Waals surface area (Å²) in [5, 5.41) is 22.4. The molecule has 4 heterocycles. The third-order valence-corrected chi connectivity index (χ3v) is 21.2. The first-order valence-corrected chi connectivity index (χ1v) is 35.6. The Hall–Kier alpha value is -7.14. The van der Waals surface area contributed by atoms with Crippen LogP contribution in [-0.2, 0) is 12.8 Å². The molecule has 0 atom stereocenters. The van der Waals surface area contributed by atoms with Gasteiger partial charge in [-0.25, -0.2) is 0 Å². The molecule has 12 rings (SSSR count). The van der Waals surface area contributed by atoms with E-state index in [9.17, 15) is 19.2 Å². The van der Waals surface area contributed by atoms with Crippen LogP contribution in [0.1, 0.15) is 234 Å². The number of carbonyl (C=O) groups is 4. The van der Waals surface area contributed by atoms with E-state index in [1.807, 2.05) is 10.8 Å². The Bertz CT molecular complexity index is 3830. The van der Waals surface area contributed by atoms with Crippen molar-refractivity contribution in [1.82, 2.24) is 9.80 Å². The predicted octanol–water partition coefficient (Wildman–Crippen LogP) is 23.0. The van der Waals surface area contributed by atoms with Crippen LogP contribution in [-0.4, -0.2) is 46.5 Å². The molecule has 2 aliphatic rings. The number of hydrogen-bond donors (Lipinski definition) is 2. The van der Waals surface area contributed by atoms with Gasteiger partial charge in [-0.1, -0.05) is 217 Å².